The zero-order valence-electron chi connectivity index (χ0n) is 7.06. The van der Waals surface area contributed by atoms with Gasteiger partial charge in [-0.25, -0.2) is 0 Å². The average Bonchev–Trinajstić information content (AvgIpc) is 1.84. The summed E-state index contributed by atoms with van der Waals surface area (Å²) in [4.78, 5) is 2.19. The Morgan fingerprint density at radius 3 is 2.40 bits per heavy atom. The molecule has 1 rings (SSSR count). The summed E-state index contributed by atoms with van der Waals surface area (Å²) in [6, 6.07) is 0. The fourth-order valence-electron chi connectivity index (χ4n) is 1.65. The summed E-state index contributed by atoms with van der Waals surface area (Å²) in [5, 5.41) is 0. The maximum absolute atomic E-state index is 5.48. The zero-order chi connectivity index (χ0) is 7.61. The summed E-state index contributed by atoms with van der Waals surface area (Å²) in [7, 11) is 2.09. The van der Waals surface area contributed by atoms with E-state index in [2.05, 4.69) is 18.9 Å². The first-order valence-corrected chi connectivity index (χ1v) is 4.05. The van der Waals surface area contributed by atoms with E-state index in [0.717, 1.165) is 0 Å². The molecule has 0 atom stereocenters. The second-order valence-corrected chi connectivity index (χ2v) is 3.86. The Hall–Kier alpha value is -0.0800. The van der Waals surface area contributed by atoms with E-state index >= 15 is 0 Å². The minimum atomic E-state index is 0.591. The van der Waals surface area contributed by atoms with Crippen LogP contribution in [0.3, 0.4) is 0 Å². The quantitative estimate of drug-likeness (QED) is 0.596. The molecule has 1 fully saturated rings. The first kappa shape index (κ1) is 8.02. The predicted octanol–water partition coefficient (Wildman–Crippen LogP) is 1.02. The molecule has 2 nitrogen and oxygen atoms in total. The Kier molecular flexibility index (Phi) is 2.32. The Morgan fingerprint density at radius 1 is 1.50 bits per heavy atom. The summed E-state index contributed by atoms with van der Waals surface area (Å²) >= 11 is 0. The fraction of sp³-hybridized carbons (Fsp3) is 1.00. The standard InChI is InChI=1S/C8H18N2/c1-8(4-3-5-8)6-10(2)7-9/h3-7,9H2,1-2H3. The molecule has 0 aromatic heterocycles. The summed E-state index contributed by atoms with van der Waals surface area (Å²) in [5.74, 6) is 0. The van der Waals surface area contributed by atoms with Crippen molar-refractivity contribution in [2.24, 2.45) is 11.1 Å². The third kappa shape index (κ3) is 1.70. The Balaban J connectivity index is 2.22. The average molecular weight is 142 g/mol. The highest BCUT2D eigenvalue weighted by Gasteiger charge is 2.32. The van der Waals surface area contributed by atoms with E-state index in [-0.39, 0.29) is 0 Å². The third-order valence-electron chi connectivity index (χ3n) is 2.52. The number of nitrogens with two attached hydrogens (primary N) is 1. The van der Waals surface area contributed by atoms with E-state index in [1.54, 1.807) is 0 Å². The first-order valence-electron chi connectivity index (χ1n) is 4.05. The molecule has 0 saturated heterocycles. The molecular weight excluding hydrogens is 124 g/mol. The van der Waals surface area contributed by atoms with E-state index in [1.807, 2.05) is 0 Å². The third-order valence-corrected chi connectivity index (χ3v) is 2.52. The molecule has 0 amide bonds. The highest BCUT2D eigenvalue weighted by atomic mass is 15.1. The van der Waals surface area contributed by atoms with Crippen LogP contribution in [0.5, 0.6) is 0 Å². The molecule has 0 heterocycles. The van der Waals surface area contributed by atoms with E-state index < -0.39 is 0 Å². The van der Waals surface area contributed by atoms with Gasteiger partial charge < -0.3 is 5.73 Å². The second-order valence-electron chi connectivity index (χ2n) is 3.86. The largest absolute Gasteiger partial charge is 0.318 e. The second kappa shape index (κ2) is 2.89. The molecule has 1 aliphatic rings. The van der Waals surface area contributed by atoms with Crippen molar-refractivity contribution in [2.45, 2.75) is 26.2 Å². The van der Waals surface area contributed by atoms with Gasteiger partial charge in [-0.1, -0.05) is 13.3 Å². The Bertz CT molecular complexity index is 108. The molecule has 0 bridgehead atoms. The maximum Gasteiger partial charge on any atom is 0.0452 e. The van der Waals surface area contributed by atoms with Crippen LogP contribution >= 0.6 is 0 Å². The lowest BCUT2D eigenvalue weighted by atomic mass is 9.70. The normalized spacial score (nSPS) is 22.8. The van der Waals surface area contributed by atoms with Crippen molar-refractivity contribution in [1.82, 2.24) is 4.90 Å². The predicted molar refractivity (Wildman–Crippen MR) is 43.6 cm³/mol. The maximum atomic E-state index is 5.48. The van der Waals surface area contributed by atoms with Crippen molar-refractivity contribution < 1.29 is 0 Å². The summed E-state index contributed by atoms with van der Waals surface area (Å²) in [6.45, 7) is 4.21. The van der Waals surface area contributed by atoms with Gasteiger partial charge in [-0.3, -0.25) is 4.90 Å². The lowest BCUT2D eigenvalue weighted by molar-refractivity contribution is 0.101. The highest BCUT2D eigenvalue weighted by molar-refractivity contribution is 4.85. The topological polar surface area (TPSA) is 29.3 Å². The van der Waals surface area contributed by atoms with Gasteiger partial charge in [0.15, 0.2) is 0 Å². The lowest BCUT2D eigenvalue weighted by Gasteiger charge is -2.41. The molecule has 0 aromatic carbocycles. The van der Waals surface area contributed by atoms with Crippen LogP contribution in [0.25, 0.3) is 0 Å². The van der Waals surface area contributed by atoms with Crippen molar-refractivity contribution >= 4 is 0 Å². The van der Waals surface area contributed by atoms with Crippen LogP contribution in [0.1, 0.15) is 26.2 Å². The first-order chi connectivity index (χ1) is 4.66. The minimum Gasteiger partial charge on any atom is -0.318 e. The van der Waals surface area contributed by atoms with Crippen molar-refractivity contribution in [1.29, 1.82) is 0 Å². The van der Waals surface area contributed by atoms with E-state index in [0.29, 0.717) is 12.1 Å². The van der Waals surface area contributed by atoms with Crippen LogP contribution in [0.4, 0.5) is 0 Å². The van der Waals surface area contributed by atoms with Gasteiger partial charge in [0.2, 0.25) is 0 Å². The summed E-state index contributed by atoms with van der Waals surface area (Å²) < 4.78 is 0. The van der Waals surface area contributed by atoms with Crippen LogP contribution in [-0.4, -0.2) is 25.2 Å². The van der Waals surface area contributed by atoms with E-state index in [9.17, 15) is 0 Å². The highest BCUT2D eigenvalue weighted by Crippen LogP contribution is 2.40. The zero-order valence-corrected chi connectivity index (χ0v) is 7.06. The number of hydrogen-bond acceptors (Lipinski definition) is 2. The van der Waals surface area contributed by atoms with Crippen LogP contribution in [0, 0.1) is 5.41 Å². The molecule has 1 saturated carbocycles. The number of nitrogens with zero attached hydrogens (tertiary/aromatic N) is 1. The molecule has 10 heavy (non-hydrogen) atoms. The van der Waals surface area contributed by atoms with Gasteiger partial charge in [-0.15, -0.1) is 0 Å². The van der Waals surface area contributed by atoms with Gasteiger partial charge in [-0.05, 0) is 25.3 Å². The van der Waals surface area contributed by atoms with Crippen molar-refractivity contribution in [3.8, 4) is 0 Å². The lowest BCUT2D eigenvalue weighted by Crippen LogP contribution is -2.40. The molecule has 0 unspecified atom stereocenters. The number of hydrogen-bond donors (Lipinski definition) is 1. The summed E-state index contributed by atoms with van der Waals surface area (Å²) in [6.07, 6.45) is 4.18. The molecule has 0 aliphatic heterocycles. The van der Waals surface area contributed by atoms with E-state index in [4.69, 9.17) is 5.73 Å². The van der Waals surface area contributed by atoms with Crippen LogP contribution in [-0.2, 0) is 0 Å². The van der Waals surface area contributed by atoms with Gasteiger partial charge in [-0.2, -0.15) is 0 Å². The van der Waals surface area contributed by atoms with Gasteiger partial charge in [0.25, 0.3) is 0 Å². The van der Waals surface area contributed by atoms with Gasteiger partial charge >= 0.3 is 0 Å². The van der Waals surface area contributed by atoms with Crippen LogP contribution in [0.2, 0.25) is 0 Å². The minimum absolute atomic E-state index is 0.591. The molecule has 60 valence electrons. The van der Waals surface area contributed by atoms with Crippen LogP contribution < -0.4 is 5.73 Å². The Morgan fingerprint density at radius 2 is 2.10 bits per heavy atom. The molecule has 1 aliphatic carbocycles. The monoisotopic (exact) mass is 142 g/mol. The summed E-state index contributed by atoms with van der Waals surface area (Å²) in [5.41, 5.74) is 6.08. The molecule has 0 spiro atoms. The molecular formula is C8H18N2. The molecule has 2 N–H and O–H groups in total. The smallest absolute Gasteiger partial charge is 0.0452 e. The molecule has 0 radical (unpaired) electrons. The Labute approximate surface area is 63.4 Å². The van der Waals surface area contributed by atoms with E-state index in [1.165, 1.54) is 25.8 Å². The van der Waals surface area contributed by atoms with Crippen LogP contribution in [0.15, 0.2) is 0 Å². The van der Waals surface area contributed by atoms with Gasteiger partial charge in [0, 0.05) is 13.2 Å². The number of rotatable bonds is 3. The molecule has 0 aromatic rings. The van der Waals surface area contributed by atoms with Crippen molar-refractivity contribution in [3.63, 3.8) is 0 Å². The van der Waals surface area contributed by atoms with Gasteiger partial charge in [0.05, 0.1) is 0 Å². The fourth-order valence-corrected chi connectivity index (χ4v) is 1.65. The molecule has 2 heteroatoms. The SMILES string of the molecule is CN(CN)CC1(C)CCC1. The van der Waals surface area contributed by atoms with Gasteiger partial charge in [0.1, 0.15) is 0 Å². The van der Waals surface area contributed by atoms with Crippen molar-refractivity contribution in [3.05, 3.63) is 0 Å². The van der Waals surface area contributed by atoms with Crippen molar-refractivity contribution in [2.75, 3.05) is 20.3 Å².